The SMILES string of the molecule is CNC(=O)[C@H]1C[C@@H]2CN(Cc3cccnc3OC)C[C@@H]2N1C(C)C. The van der Waals surface area contributed by atoms with Gasteiger partial charge in [-0.2, -0.15) is 0 Å². The number of aromatic nitrogens is 1. The number of hydrogen-bond donors (Lipinski definition) is 1. The number of likely N-dealkylation sites (N-methyl/N-ethyl adjacent to an activating group) is 1. The summed E-state index contributed by atoms with van der Waals surface area (Å²) in [6.07, 6.45) is 2.71. The molecule has 1 amide bonds. The molecule has 0 saturated carbocycles. The summed E-state index contributed by atoms with van der Waals surface area (Å²) in [6.45, 7) is 7.24. The Morgan fingerprint density at radius 1 is 1.46 bits per heavy atom. The van der Waals surface area contributed by atoms with Crippen LogP contribution in [0.2, 0.25) is 0 Å². The van der Waals surface area contributed by atoms with Gasteiger partial charge in [0.2, 0.25) is 11.8 Å². The lowest BCUT2D eigenvalue weighted by molar-refractivity contribution is -0.126. The van der Waals surface area contributed by atoms with Gasteiger partial charge in [-0.3, -0.25) is 14.6 Å². The van der Waals surface area contributed by atoms with E-state index in [4.69, 9.17) is 4.74 Å². The number of nitrogens with zero attached hydrogens (tertiary/aromatic N) is 3. The quantitative estimate of drug-likeness (QED) is 0.876. The molecular formula is C18H28N4O2. The van der Waals surface area contributed by atoms with E-state index in [2.05, 4.69) is 40.0 Å². The zero-order valence-corrected chi connectivity index (χ0v) is 15.0. The van der Waals surface area contributed by atoms with Crippen molar-refractivity contribution in [3.8, 4) is 5.88 Å². The van der Waals surface area contributed by atoms with Crippen LogP contribution in [0, 0.1) is 5.92 Å². The van der Waals surface area contributed by atoms with Gasteiger partial charge >= 0.3 is 0 Å². The predicted molar refractivity (Wildman–Crippen MR) is 92.8 cm³/mol. The van der Waals surface area contributed by atoms with E-state index in [-0.39, 0.29) is 11.9 Å². The van der Waals surface area contributed by atoms with Crippen molar-refractivity contribution in [2.45, 2.75) is 44.9 Å². The summed E-state index contributed by atoms with van der Waals surface area (Å²) < 4.78 is 5.37. The van der Waals surface area contributed by atoms with E-state index in [0.29, 0.717) is 23.9 Å². The maximum atomic E-state index is 12.2. The van der Waals surface area contributed by atoms with Gasteiger partial charge in [0.15, 0.2) is 0 Å². The molecule has 0 aliphatic carbocycles. The molecule has 3 atom stereocenters. The summed E-state index contributed by atoms with van der Waals surface area (Å²) in [7, 11) is 3.40. The summed E-state index contributed by atoms with van der Waals surface area (Å²) in [5.74, 6) is 1.41. The van der Waals surface area contributed by atoms with Gasteiger partial charge in [0.25, 0.3) is 0 Å². The molecule has 1 aromatic heterocycles. The fourth-order valence-electron chi connectivity index (χ4n) is 4.40. The van der Waals surface area contributed by atoms with Gasteiger partial charge in [0, 0.05) is 50.5 Å². The van der Waals surface area contributed by atoms with Gasteiger partial charge in [-0.05, 0) is 32.3 Å². The highest BCUT2D eigenvalue weighted by molar-refractivity contribution is 5.82. The second-order valence-corrected chi connectivity index (χ2v) is 7.10. The molecule has 3 heterocycles. The molecule has 0 bridgehead atoms. The normalized spacial score (nSPS) is 27.5. The van der Waals surface area contributed by atoms with Crippen LogP contribution in [0.15, 0.2) is 18.3 Å². The van der Waals surface area contributed by atoms with E-state index in [1.54, 1.807) is 20.4 Å². The molecule has 0 aromatic carbocycles. The minimum Gasteiger partial charge on any atom is -0.481 e. The van der Waals surface area contributed by atoms with E-state index in [0.717, 1.165) is 31.6 Å². The number of rotatable bonds is 5. The molecule has 2 aliphatic rings. The van der Waals surface area contributed by atoms with Crippen molar-refractivity contribution in [1.29, 1.82) is 0 Å². The third-order valence-corrected chi connectivity index (χ3v) is 5.33. The highest BCUT2D eigenvalue weighted by Crippen LogP contribution is 2.38. The van der Waals surface area contributed by atoms with E-state index in [9.17, 15) is 4.79 Å². The number of carbonyl (C=O) groups excluding carboxylic acids is 1. The zero-order valence-electron chi connectivity index (χ0n) is 15.0. The molecule has 2 fully saturated rings. The fraction of sp³-hybridized carbons (Fsp3) is 0.667. The number of likely N-dealkylation sites (tertiary alicyclic amines) is 2. The third kappa shape index (κ3) is 3.13. The second-order valence-electron chi connectivity index (χ2n) is 7.10. The standard InChI is InChI=1S/C18H28N4O2/c1-12(2)22-15(17(23)19-3)8-14-10-21(11-16(14)22)9-13-6-5-7-20-18(13)24-4/h5-7,12,14-16H,8-11H2,1-4H3,(H,19,23)/t14-,15-,16+/m1/s1. The van der Waals surface area contributed by atoms with Crippen molar-refractivity contribution in [3.05, 3.63) is 23.9 Å². The first-order valence-corrected chi connectivity index (χ1v) is 8.74. The van der Waals surface area contributed by atoms with Crippen LogP contribution < -0.4 is 10.1 Å². The predicted octanol–water partition coefficient (Wildman–Crippen LogP) is 1.12. The summed E-state index contributed by atoms with van der Waals surface area (Å²) in [6, 6.07) is 4.87. The Bertz CT molecular complexity index is 592. The molecule has 24 heavy (non-hydrogen) atoms. The van der Waals surface area contributed by atoms with Crippen molar-refractivity contribution < 1.29 is 9.53 Å². The first-order chi connectivity index (χ1) is 11.5. The van der Waals surface area contributed by atoms with Gasteiger partial charge < -0.3 is 10.1 Å². The largest absolute Gasteiger partial charge is 0.481 e. The molecule has 0 radical (unpaired) electrons. The molecule has 0 unspecified atom stereocenters. The molecule has 1 aromatic rings. The van der Waals surface area contributed by atoms with Gasteiger partial charge in [0.05, 0.1) is 13.2 Å². The Morgan fingerprint density at radius 3 is 2.92 bits per heavy atom. The maximum Gasteiger partial charge on any atom is 0.237 e. The van der Waals surface area contributed by atoms with Crippen LogP contribution in [-0.4, -0.2) is 66.1 Å². The van der Waals surface area contributed by atoms with Gasteiger partial charge in [-0.1, -0.05) is 6.07 Å². The fourth-order valence-corrected chi connectivity index (χ4v) is 4.40. The average Bonchev–Trinajstić information content (AvgIpc) is 3.11. The monoisotopic (exact) mass is 332 g/mol. The molecule has 0 spiro atoms. The van der Waals surface area contributed by atoms with Crippen molar-refractivity contribution in [1.82, 2.24) is 20.1 Å². The first-order valence-electron chi connectivity index (χ1n) is 8.74. The lowest BCUT2D eigenvalue weighted by Crippen LogP contribution is -2.50. The molecular weight excluding hydrogens is 304 g/mol. The Labute approximate surface area is 144 Å². The van der Waals surface area contributed by atoms with Gasteiger partial charge in [0.1, 0.15) is 0 Å². The molecule has 132 valence electrons. The number of ether oxygens (including phenoxy) is 1. The van der Waals surface area contributed by atoms with E-state index >= 15 is 0 Å². The Hall–Kier alpha value is -1.66. The average molecular weight is 332 g/mol. The van der Waals surface area contributed by atoms with Gasteiger partial charge in [-0.25, -0.2) is 4.98 Å². The highest BCUT2D eigenvalue weighted by Gasteiger charge is 2.49. The van der Waals surface area contributed by atoms with Gasteiger partial charge in [-0.15, -0.1) is 0 Å². The third-order valence-electron chi connectivity index (χ3n) is 5.33. The number of pyridine rings is 1. The summed E-state index contributed by atoms with van der Waals surface area (Å²) in [5.41, 5.74) is 1.12. The Kier molecular flexibility index (Phi) is 5.06. The molecule has 3 rings (SSSR count). The number of amides is 1. The number of carbonyl (C=O) groups is 1. The molecule has 6 nitrogen and oxygen atoms in total. The number of fused-ring (bicyclic) bond motifs is 1. The van der Waals surface area contributed by atoms with Crippen LogP contribution in [-0.2, 0) is 11.3 Å². The lowest BCUT2D eigenvalue weighted by atomic mass is 10.0. The van der Waals surface area contributed by atoms with Crippen molar-refractivity contribution in [3.63, 3.8) is 0 Å². The van der Waals surface area contributed by atoms with Crippen molar-refractivity contribution in [2.75, 3.05) is 27.2 Å². The zero-order chi connectivity index (χ0) is 17.3. The van der Waals surface area contributed by atoms with Crippen LogP contribution in [0.4, 0.5) is 0 Å². The van der Waals surface area contributed by atoms with Crippen molar-refractivity contribution in [2.24, 2.45) is 5.92 Å². The number of hydrogen-bond acceptors (Lipinski definition) is 5. The molecule has 2 saturated heterocycles. The Balaban J connectivity index is 1.71. The van der Waals surface area contributed by atoms with Crippen LogP contribution in [0.1, 0.15) is 25.8 Å². The van der Waals surface area contributed by atoms with E-state index in [1.165, 1.54) is 0 Å². The van der Waals surface area contributed by atoms with Crippen LogP contribution in [0.3, 0.4) is 0 Å². The topological polar surface area (TPSA) is 57.7 Å². The highest BCUT2D eigenvalue weighted by atomic mass is 16.5. The lowest BCUT2D eigenvalue weighted by Gasteiger charge is -2.33. The van der Waals surface area contributed by atoms with E-state index in [1.807, 2.05) is 6.07 Å². The van der Waals surface area contributed by atoms with Crippen LogP contribution in [0.25, 0.3) is 0 Å². The van der Waals surface area contributed by atoms with E-state index < -0.39 is 0 Å². The second kappa shape index (κ2) is 7.07. The molecule has 1 N–H and O–H groups in total. The van der Waals surface area contributed by atoms with Crippen molar-refractivity contribution >= 4 is 5.91 Å². The number of methoxy groups -OCH3 is 1. The Morgan fingerprint density at radius 2 is 2.25 bits per heavy atom. The summed E-state index contributed by atoms with van der Waals surface area (Å²) in [5, 5.41) is 2.83. The van der Waals surface area contributed by atoms with Crippen LogP contribution >= 0.6 is 0 Å². The number of nitrogens with one attached hydrogen (secondary N) is 1. The minimum atomic E-state index is 0.0140. The maximum absolute atomic E-state index is 12.2. The molecule has 6 heteroatoms. The molecule has 2 aliphatic heterocycles. The summed E-state index contributed by atoms with van der Waals surface area (Å²) in [4.78, 5) is 21.4. The van der Waals surface area contributed by atoms with Crippen LogP contribution in [0.5, 0.6) is 5.88 Å². The first kappa shape index (κ1) is 17.2. The smallest absolute Gasteiger partial charge is 0.237 e. The minimum absolute atomic E-state index is 0.0140. The summed E-state index contributed by atoms with van der Waals surface area (Å²) >= 11 is 0.